The molecule has 0 unspecified atom stereocenters. The van der Waals surface area contributed by atoms with Gasteiger partial charge in [0.2, 0.25) is 0 Å². The lowest BCUT2D eigenvalue weighted by atomic mass is 9.82. The maximum absolute atomic E-state index is 3.00. The molecule has 0 aromatic heterocycles. The summed E-state index contributed by atoms with van der Waals surface area (Å²) in [5.41, 5.74) is 3.41. The highest BCUT2D eigenvalue weighted by Gasteiger charge is 2.17. The van der Waals surface area contributed by atoms with Gasteiger partial charge in [0.25, 0.3) is 0 Å². The van der Waals surface area contributed by atoms with Gasteiger partial charge in [-0.15, -0.1) is 5.73 Å². The first kappa shape index (κ1) is 4.67. The Bertz CT molecular complexity index is 117. The van der Waals surface area contributed by atoms with E-state index in [-0.39, 0.29) is 0 Å². The average Bonchev–Trinajstić information content (AvgIpc) is 1.61. The fourth-order valence-electron chi connectivity index (χ4n) is 0.572. The molecule has 0 atom stereocenters. The third-order valence-electron chi connectivity index (χ3n) is 1.59. The average molecular weight is 94.2 g/mol. The molecular formula is C7H10. The minimum absolute atomic E-state index is 0.403. The Hall–Kier alpha value is -0.480. The van der Waals surface area contributed by atoms with Crippen LogP contribution in [0.25, 0.3) is 0 Å². The molecule has 0 spiro atoms. The summed E-state index contributed by atoms with van der Waals surface area (Å²) < 4.78 is 0. The Morgan fingerprint density at radius 3 is 2.14 bits per heavy atom. The fraction of sp³-hybridized carbons (Fsp3) is 0.571. The monoisotopic (exact) mass is 94.1 g/mol. The van der Waals surface area contributed by atoms with Gasteiger partial charge in [-0.25, -0.2) is 0 Å². The van der Waals surface area contributed by atoms with E-state index in [2.05, 4.69) is 31.7 Å². The van der Waals surface area contributed by atoms with Crippen molar-refractivity contribution >= 4 is 0 Å². The molecule has 0 nitrogen and oxygen atoms in total. The molecule has 1 rings (SSSR count). The zero-order chi connectivity index (χ0) is 5.33. The maximum atomic E-state index is 3.00. The van der Waals surface area contributed by atoms with E-state index in [1.165, 1.54) is 6.42 Å². The quantitative estimate of drug-likeness (QED) is 0.437. The van der Waals surface area contributed by atoms with Crippen LogP contribution in [0.3, 0.4) is 0 Å². The molecule has 0 saturated heterocycles. The lowest BCUT2D eigenvalue weighted by Crippen LogP contribution is -2.10. The van der Waals surface area contributed by atoms with E-state index >= 15 is 0 Å². The van der Waals surface area contributed by atoms with Crippen LogP contribution in [0.1, 0.15) is 20.3 Å². The summed E-state index contributed by atoms with van der Waals surface area (Å²) in [4.78, 5) is 0. The third kappa shape index (κ3) is 0.618. The van der Waals surface area contributed by atoms with Crippen molar-refractivity contribution in [1.29, 1.82) is 0 Å². The van der Waals surface area contributed by atoms with Gasteiger partial charge in [0, 0.05) is 5.41 Å². The Morgan fingerprint density at radius 2 is 2.14 bits per heavy atom. The van der Waals surface area contributed by atoms with Crippen LogP contribution in [0.15, 0.2) is 17.9 Å². The Labute approximate surface area is 44.5 Å². The molecule has 0 bridgehead atoms. The van der Waals surface area contributed by atoms with E-state index in [4.69, 9.17) is 0 Å². The minimum Gasteiger partial charge on any atom is -0.128 e. The van der Waals surface area contributed by atoms with Gasteiger partial charge in [0.1, 0.15) is 0 Å². The highest BCUT2D eigenvalue weighted by molar-refractivity contribution is 5.17. The van der Waals surface area contributed by atoms with Crippen LogP contribution in [0.2, 0.25) is 0 Å². The second kappa shape index (κ2) is 1.24. The lowest BCUT2D eigenvalue weighted by molar-refractivity contribution is 0.512. The summed E-state index contributed by atoms with van der Waals surface area (Å²) in [6.45, 7) is 4.40. The molecular weight excluding hydrogens is 84.1 g/mol. The van der Waals surface area contributed by atoms with E-state index in [1.54, 1.807) is 0 Å². The smallest absolute Gasteiger partial charge is 0.0180 e. The zero-order valence-corrected chi connectivity index (χ0v) is 4.86. The van der Waals surface area contributed by atoms with Crippen molar-refractivity contribution in [2.24, 2.45) is 5.41 Å². The van der Waals surface area contributed by atoms with Crippen LogP contribution in [-0.2, 0) is 0 Å². The van der Waals surface area contributed by atoms with E-state index in [9.17, 15) is 0 Å². The summed E-state index contributed by atoms with van der Waals surface area (Å²) in [5.74, 6) is 0. The van der Waals surface area contributed by atoms with Crippen LogP contribution in [0.4, 0.5) is 0 Å². The van der Waals surface area contributed by atoms with Gasteiger partial charge >= 0.3 is 0 Å². The van der Waals surface area contributed by atoms with Crippen molar-refractivity contribution in [3.05, 3.63) is 17.9 Å². The second-order valence-corrected chi connectivity index (χ2v) is 2.31. The van der Waals surface area contributed by atoms with Crippen molar-refractivity contribution in [1.82, 2.24) is 0 Å². The van der Waals surface area contributed by atoms with Gasteiger partial charge in [-0.05, 0) is 18.6 Å². The predicted octanol–water partition coefficient (Wildman–Crippen LogP) is 2.13. The van der Waals surface area contributed by atoms with Gasteiger partial charge in [-0.3, -0.25) is 0 Å². The van der Waals surface area contributed by atoms with E-state index < -0.39 is 0 Å². The van der Waals surface area contributed by atoms with Crippen LogP contribution in [0, 0.1) is 5.41 Å². The summed E-state index contributed by atoms with van der Waals surface area (Å²) in [6.07, 6.45) is 5.44. The molecule has 0 heterocycles. The molecule has 0 aliphatic heterocycles. The third-order valence-corrected chi connectivity index (χ3v) is 1.59. The van der Waals surface area contributed by atoms with Crippen molar-refractivity contribution in [2.75, 3.05) is 0 Å². The summed E-state index contributed by atoms with van der Waals surface area (Å²) >= 11 is 0. The first-order valence-corrected chi connectivity index (χ1v) is 2.72. The first-order chi connectivity index (χ1) is 3.27. The standard InChI is InChI=1S/C7H10/c1-3-7(2)5-4-6-7/h5-6H,3H2,1-2H3. The molecule has 0 aromatic carbocycles. The predicted molar refractivity (Wildman–Crippen MR) is 31.1 cm³/mol. The fourth-order valence-corrected chi connectivity index (χ4v) is 0.572. The number of rotatable bonds is 1. The van der Waals surface area contributed by atoms with Crippen LogP contribution >= 0.6 is 0 Å². The van der Waals surface area contributed by atoms with E-state index in [0.29, 0.717) is 5.41 Å². The van der Waals surface area contributed by atoms with Crippen LogP contribution in [-0.4, -0.2) is 0 Å². The molecule has 0 heteroatoms. The van der Waals surface area contributed by atoms with Crippen LogP contribution < -0.4 is 0 Å². The zero-order valence-electron chi connectivity index (χ0n) is 4.86. The van der Waals surface area contributed by atoms with Gasteiger partial charge in [-0.2, -0.15) is 0 Å². The molecule has 0 aromatic rings. The summed E-state index contributed by atoms with van der Waals surface area (Å²) in [5, 5.41) is 0. The van der Waals surface area contributed by atoms with Crippen LogP contribution in [0.5, 0.6) is 0 Å². The normalized spacial score (nSPS) is 22.0. The van der Waals surface area contributed by atoms with E-state index in [1.807, 2.05) is 0 Å². The topological polar surface area (TPSA) is 0 Å². The largest absolute Gasteiger partial charge is 0.128 e. The lowest BCUT2D eigenvalue weighted by Gasteiger charge is -2.21. The minimum atomic E-state index is 0.403. The van der Waals surface area contributed by atoms with Crippen molar-refractivity contribution in [3.63, 3.8) is 0 Å². The molecule has 0 fully saturated rings. The number of hydrogen-bond donors (Lipinski definition) is 0. The van der Waals surface area contributed by atoms with Gasteiger partial charge < -0.3 is 0 Å². The molecule has 0 amide bonds. The molecule has 0 radical (unpaired) electrons. The molecule has 1 aliphatic carbocycles. The van der Waals surface area contributed by atoms with Crippen molar-refractivity contribution in [2.45, 2.75) is 20.3 Å². The summed E-state index contributed by atoms with van der Waals surface area (Å²) in [7, 11) is 0. The Balaban J connectivity index is 2.54. The second-order valence-electron chi connectivity index (χ2n) is 2.31. The molecule has 0 N–H and O–H groups in total. The van der Waals surface area contributed by atoms with Crippen molar-refractivity contribution < 1.29 is 0 Å². The molecule has 7 heavy (non-hydrogen) atoms. The number of hydrogen-bond acceptors (Lipinski definition) is 0. The van der Waals surface area contributed by atoms with Gasteiger partial charge in [0.05, 0.1) is 0 Å². The maximum Gasteiger partial charge on any atom is 0.0180 e. The summed E-state index contributed by atoms with van der Waals surface area (Å²) in [6, 6.07) is 0. The highest BCUT2D eigenvalue weighted by atomic mass is 14.2. The van der Waals surface area contributed by atoms with E-state index in [0.717, 1.165) is 0 Å². The first-order valence-electron chi connectivity index (χ1n) is 2.72. The highest BCUT2D eigenvalue weighted by Crippen LogP contribution is 2.28. The Kier molecular flexibility index (Phi) is 0.831. The van der Waals surface area contributed by atoms with Gasteiger partial charge in [-0.1, -0.05) is 13.8 Å². The van der Waals surface area contributed by atoms with Gasteiger partial charge in [0.15, 0.2) is 0 Å². The molecule has 1 aliphatic rings. The SMILES string of the molecule is CCC1(C)C=C=C1. The van der Waals surface area contributed by atoms with Crippen molar-refractivity contribution in [3.8, 4) is 0 Å². The number of allylic oxidation sites excluding steroid dienone is 1. The molecule has 38 valence electrons. The Morgan fingerprint density at radius 1 is 1.57 bits per heavy atom. The molecule has 0 saturated carbocycles.